The van der Waals surface area contributed by atoms with Crippen molar-refractivity contribution in [1.29, 1.82) is 5.41 Å². The Balaban J connectivity index is 2.33. The summed E-state index contributed by atoms with van der Waals surface area (Å²) < 4.78 is 0. The molecule has 18 heavy (non-hydrogen) atoms. The van der Waals surface area contributed by atoms with Gasteiger partial charge < -0.3 is 34.0 Å². The Hall–Kier alpha value is -1.22. The van der Waals surface area contributed by atoms with Gasteiger partial charge in [-0.1, -0.05) is 6.92 Å². The Morgan fingerprint density at radius 2 is 2.00 bits per heavy atom. The van der Waals surface area contributed by atoms with Crippen molar-refractivity contribution >= 4 is 11.7 Å². The largest absolute Gasteiger partial charge is 0.386 e. The number of nitrogens with one attached hydrogen (secondary N) is 2. The molecule has 0 bridgehead atoms. The van der Waals surface area contributed by atoms with Gasteiger partial charge in [-0.05, 0) is 12.8 Å². The van der Waals surface area contributed by atoms with Gasteiger partial charge in [-0.3, -0.25) is 5.41 Å². The maximum absolute atomic E-state index is 7.43. The van der Waals surface area contributed by atoms with Crippen LogP contribution in [0.4, 0.5) is 0 Å². The monoisotopic (exact) mass is 254 g/mol. The Morgan fingerprint density at radius 3 is 2.33 bits per heavy atom. The Bertz CT molecular complexity index is 420. The molecule has 8 heteroatoms. The topological polar surface area (TPSA) is 178 Å². The van der Waals surface area contributed by atoms with Gasteiger partial charge >= 0.3 is 0 Å². The van der Waals surface area contributed by atoms with E-state index < -0.39 is 17.2 Å². The minimum atomic E-state index is -1.32. The van der Waals surface area contributed by atoms with E-state index in [2.05, 4.69) is 24.2 Å². The van der Waals surface area contributed by atoms with Gasteiger partial charge in [0.15, 0.2) is 5.66 Å². The fourth-order valence-electron chi connectivity index (χ4n) is 2.81. The number of hydrogen-bond acceptors (Lipinski definition) is 7. The van der Waals surface area contributed by atoms with Crippen molar-refractivity contribution in [3.63, 3.8) is 0 Å². The summed E-state index contributed by atoms with van der Waals surface area (Å²) in [7, 11) is 0. The van der Waals surface area contributed by atoms with Crippen LogP contribution in [0.5, 0.6) is 0 Å². The molecule has 102 valence electrons. The molecule has 0 radical (unpaired) electrons. The molecule has 0 amide bonds. The van der Waals surface area contributed by atoms with Gasteiger partial charge in [0.2, 0.25) is 0 Å². The third-order valence-corrected chi connectivity index (χ3v) is 4.45. The van der Waals surface area contributed by atoms with Gasteiger partial charge in [0.25, 0.3) is 0 Å². The maximum atomic E-state index is 7.43. The molecule has 0 aromatic carbocycles. The third-order valence-electron chi connectivity index (χ3n) is 4.45. The first-order chi connectivity index (χ1) is 8.16. The van der Waals surface area contributed by atoms with E-state index in [0.29, 0.717) is 12.0 Å². The minimum absolute atomic E-state index is 0.111. The van der Waals surface area contributed by atoms with E-state index in [9.17, 15) is 0 Å². The first-order valence-corrected chi connectivity index (χ1v) is 5.95. The Morgan fingerprint density at radius 1 is 1.44 bits per heavy atom. The second-order valence-electron chi connectivity index (χ2n) is 5.42. The van der Waals surface area contributed by atoms with Gasteiger partial charge in [0, 0.05) is 12.1 Å². The average Bonchev–Trinajstić information content (AvgIpc) is 2.33. The first kappa shape index (κ1) is 13.2. The van der Waals surface area contributed by atoms with Crippen LogP contribution in [0.15, 0.2) is 4.99 Å². The van der Waals surface area contributed by atoms with Crippen molar-refractivity contribution in [3.8, 4) is 0 Å². The van der Waals surface area contributed by atoms with Crippen molar-refractivity contribution in [2.24, 2.45) is 39.6 Å². The van der Waals surface area contributed by atoms with Crippen molar-refractivity contribution < 1.29 is 0 Å². The number of hydrogen-bond donors (Lipinski definition) is 7. The lowest BCUT2D eigenvalue weighted by molar-refractivity contribution is 0.0632. The quantitative estimate of drug-likeness (QED) is 0.208. The van der Waals surface area contributed by atoms with Crippen LogP contribution in [-0.2, 0) is 0 Å². The zero-order chi connectivity index (χ0) is 13.9. The maximum Gasteiger partial charge on any atom is 0.159 e. The zero-order valence-corrected chi connectivity index (χ0v) is 10.6. The molecule has 0 saturated carbocycles. The number of nitrogens with two attached hydrogens (primary N) is 5. The molecule has 0 aromatic heterocycles. The average molecular weight is 254 g/mol. The van der Waals surface area contributed by atoms with Crippen LogP contribution in [0.3, 0.4) is 0 Å². The van der Waals surface area contributed by atoms with Gasteiger partial charge in [-0.25, -0.2) is 4.99 Å². The van der Waals surface area contributed by atoms with Crippen molar-refractivity contribution in [1.82, 2.24) is 5.32 Å². The standard InChI is InChI=1S/C10H22N8/c1-3-4(2)17-6(3)9(15)8(14)18-10(9,16)5(11)7(12)13/h3-6,17H,11,15-16H2,1-2H3,(H3,12,13)(H2,14,18)/t3?,4-,5?,6?,9?,10?/m0/s1. The van der Waals surface area contributed by atoms with Gasteiger partial charge in [0.05, 0.1) is 0 Å². The van der Waals surface area contributed by atoms with Crippen LogP contribution in [0.25, 0.3) is 0 Å². The lowest BCUT2D eigenvalue weighted by atomic mass is 9.62. The predicted octanol–water partition coefficient (Wildman–Crippen LogP) is -3.03. The number of rotatable bonds is 3. The second-order valence-corrected chi connectivity index (χ2v) is 5.42. The summed E-state index contributed by atoms with van der Waals surface area (Å²) in [6.45, 7) is 4.12. The van der Waals surface area contributed by atoms with E-state index in [4.69, 9.17) is 34.1 Å². The highest BCUT2D eigenvalue weighted by atomic mass is 15.3. The summed E-state index contributed by atoms with van der Waals surface area (Å²) in [5, 5.41) is 10.7. The molecule has 5 unspecified atom stereocenters. The molecule has 1 saturated heterocycles. The van der Waals surface area contributed by atoms with Crippen LogP contribution in [0.1, 0.15) is 13.8 Å². The first-order valence-electron chi connectivity index (χ1n) is 5.95. The summed E-state index contributed by atoms with van der Waals surface area (Å²) in [5.41, 5.74) is 27.2. The smallest absolute Gasteiger partial charge is 0.159 e. The molecule has 6 atom stereocenters. The Labute approximate surface area is 106 Å². The van der Waals surface area contributed by atoms with Gasteiger partial charge in [-0.2, -0.15) is 0 Å². The van der Waals surface area contributed by atoms with E-state index in [1.54, 1.807) is 0 Å². The van der Waals surface area contributed by atoms with Crippen LogP contribution >= 0.6 is 0 Å². The molecule has 8 nitrogen and oxygen atoms in total. The number of aliphatic imine (C=N–C) groups is 1. The lowest BCUT2D eigenvalue weighted by Gasteiger charge is -2.61. The third kappa shape index (κ3) is 1.28. The molecule has 2 aliphatic rings. The summed E-state index contributed by atoms with van der Waals surface area (Å²) in [6.07, 6.45) is 0. The molecule has 2 heterocycles. The summed E-state index contributed by atoms with van der Waals surface area (Å²) in [5.74, 6) is 0.313. The summed E-state index contributed by atoms with van der Waals surface area (Å²) in [4.78, 5) is 4.05. The van der Waals surface area contributed by atoms with E-state index in [-0.39, 0.29) is 17.7 Å². The van der Waals surface area contributed by atoms with Crippen LogP contribution < -0.4 is 34.0 Å². The molecule has 0 aromatic rings. The van der Waals surface area contributed by atoms with E-state index >= 15 is 0 Å². The normalized spacial score (nSPS) is 48.7. The second kappa shape index (κ2) is 3.64. The van der Waals surface area contributed by atoms with E-state index in [1.165, 1.54) is 0 Å². The molecule has 2 rings (SSSR count). The van der Waals surface area contributed by atoms with Crippen LogP contribution in [-0.4, -0.2) is 41.0 Å². The molecule has 1 fully saturated rings. The molecule has 2 aliphatic heterocycles. The predicted molar refractivity (Wildman–Crippen MR) is 70.9 cm³/mol. The molecule has 12 N–H and O–H groups in total. The highest BCUT2D eigenvalue weighted by molar-refractivity contribution is 6.01. The SMILES string of the molecule is CC1C(C2(N)C(N)=NC2(N)C(N)C(=N)N)N[C@H]1C. The highest BCUT2D eigenvalue weighted by Crippen LogP contribution is 2.41. The van der Waals surface area contributed by atoms with Crippen LogP contribution in [0.2, 0.25) is 0 Å². The number of amidine groups is 2. The van der Waals surface area contributed by atoms with Crippen molar-refractivity contribution in [2.45, 2.75) is 43.2 Å². The van der Waals surface area contributed by atoms with E-state index in [1.807, 2.05) is 0 Å². The fraction of sp³-hybridized carbons (Fsp3) is 0.800. The van der Waals surface area contributed by atoms with Crippen molar-refractivity contribution in [2.75, 3.05) is 0 Å². The fourth-order valence-corrected chi connectivity index (χ4v) is 2.81. The number of nitrogens with zero attached hydrogens (tertiary/aromatic N) is 1. The molecule has 0 spiro atoms. The van der Waals surface area contributed by atoms with Crippen LogP contribution in [0, 0.1) is 11.3 Å². The summed E-state index contributed by atoms with van der Waals surface area (Å²) in [6, 6.07) is -0.721. The molecular formula is C10H22N8. The lowest BCUT2D eigenvalue weighted by Crippen LogP contribution is -2.92. The summed E-state index contributed by atoms with van der Waals surface area (Å²) >= 11 is 0. The molecular weight excluding hydrogens is 232 g/mol. The molecule has 0 aliphatic carbocycles. The zero-order valence-electron chi connectivity index (χ0n) is 10.6. The van der Waals surface area contributed by atoms with Crippen molar-refractivity contribution in [3.05, 3.63) is 0 Å². The van der Waals surface area contributed by atoms with Gasteiger partial charge in [-0.15, -0.1) is 0 Å². The highest BCUT2D eigenvalue weighted by Gasteiger charge is 2.67. The minimum Gasteiger partial charge on any atom is -0.386 e. The van der Waals surface area contributed by atoms with Gasteiger partial charge in [0.1, 0.15) is 23.3 Å². The van der Waals surface area contributed by atoms with E-state index in [0.717, 1.165) is 0 Å². The Kier molecular flexibility index (Phi) is 2.67.